The van der Waals surface area contributed by atoms with Gasteiger partial charge in [0.15, 0.2) is 0 Å². The van der Waals surface area contributed by atoms with Crippen molar-refractivity contribution < 1.29 is 4.42 Å². The van der Waals surface area contributed by atoms with Crippen LogP contribution >= 0.6 is 15.9 Å². The van der Waals surface area contributed by atoms with Crippen molar-refractivity contribution in [2.75, 3.05) is 7.05 Å². The Morgan fingerprint density at radius 1 is 1.04 bits per heavy atom. The Kier molecular flexibility index (Phi) is 4.64. The zero-order chi connectivity index (χ0) is 16.4. The highest BCUT2D eigenvalue weighted by Crippen LogP contribution is 2.20. The quantitative estimate of drug-likeness (QED) is 0.633. The fourth-order valence-corrected chi connectivity index (χ4v) is 2.98. The Morgan fingerprint density at radius 2 is 1.78 bits per heavy atom. The highest BCUT2D eigenvalue weighted by Gasteiger charge is 2.09. The van der Waals surface area contributed by atoms with Crippen molar-refractivity contribution in [1.29, 1.82) is 0 Å². The molecular formula is C19H18BrNO2. The predicted molar refractivity (Wildman–Crippen MR) is 96.5 cm³/mol. The summed E-state index contributed by atoms with van der Waals surface area (Å²) >= 11 is 3.45. The second-order valence-electron chi connectivity index (χ2n) is 5.89. The molecule has 1 aromatic heterocycles. The first kappa shape index (κ1) is 16.0. The van der Waals surface area contributed by atoms with Gasteiger partial charge in [-0.3, -0.25) is 4.90 Å². The summed E-state index contributed by atoms with van der Waals surface area (Å²) in [6.07, 6.45) is 0. The third kappa shape index (κ3) is 3.89. The van der Waals surface area contributed by atoms with Gasteiger partial charge < -0.3 is 4.42 Å². The van der Waals surface area contributed by atoms with Crippen LogP contribution in [0.4, 0.5) is 0 Å². The summed E-state index contributed by atoms with van der Waals surface area (Å²) in [6, 6.07) is 15.8. The molecule has 23 heavy (non-hydrogen) atoms. The molecule has 118 valence electrons. The van der Waals surface area contributed by atoms with Crippen LogP contribution in [0, 0.1) is 6.92 Å². The highest BCUT2D eigenvalue weighted by atomic mass is 79.9. The lowest BCUT2D eigenvalue weighted by Gasteiger charge is -2.17. The van der Waals surface area contributed by atoms with Gasteiger partial charge in [0.2, 0.25) is 0 Å². The van der Waals surface area contributed by atoms with Crippen LogP contribution in [0.5, 0.6) is 0 Å². The van der Waals surface area contributed by atoms with Gasteiger partial charge in [0.05, 0.1) is 0 Å². The maximum absolute atomic E-state index is 11.8. The molecule has 0 bridgehead atoms. The van der Waals surface area contributed by atoms with Crippen LogP contribution in [0.15, 0.2) is 62.2 Å². The van der Waals surface area contributed by atoms with E-state index in [4.69, 9.17) is 4.42 Å². The van der Waals surface area contributed by atoms with Crippen LogP contribution in [0.2, 0.25) is 0 Å². The summed E-state index contributed by atoms with van der Waals surface area (Å²) in [7, 11) is 2.05. The summed E-state index contributed by atoms with van der Waals surface area (Å²) < 4.78 is 6.39. The third-order valence-corrected chi connectivity index (χ3v) is 4.32. The summed E-state index contributed by atoms with van der Waals surface area (Å²) in [5.74, 6) is 0. The van der Waals surface area contributed by atoms with Crippen LogP contribution in [-0.2, 0) is 13.1 Å². The molecule has 0 saturated carbocycles. The molecule has 0 unspecified atom stereocenters. The number of hydrogen-bond donors (Lipinski definition) is 0. The number of fused-ring (bicyclic) bond motifs is 1. The maximum atomic E-state index is 11.8. The summed E-state index contributed by atoms with van der Waals surface area (Å²) in [5.41, 5.74) is 3.68. The topological polar surface area (TPSA) is 33.5 Å². The van der Waals surface area contributed by atoms with E-state index in [2.05, 4.69) is 40.0 Å². The second-order valence-corrected chi connectivity index (χ2v) is 6.80. The predicted octanol–water partition coefficient (Wildman–Crippen LogP) is 4.50. The van der Waals surface area contributed by atoms with E-state index in [0.717, 1.165) is 27.5 Å². The molecule has 0 radical (unpaired) electrons. The number of aryl methyl sites for hydroxylation is 1. The molecule has 2 aromatic carbocycles. The molecule has 3 aromatic rings. The lowest BCUT2D eigenvalue weighted by Crippen LogP contribution is -2.18. The summed E-state index contributed by atoms with van der Waals surface area (Å²) in [4.78, 5) is 14.0. The first-order valence-corrected chi connectivity index (χ1v) is 8.27. The number of halogens is 1. The van der Waals surface area contributed by atoms with Gasteiger partial charge in [0.25, 0.3) is 0 Å². The van der Waals surface area contributed by atoms with E-state index in [9.17, 15) is 4.79 Å². The zero-order valence-electron chi connectivity index (χ0n) is 13.2. The van der Waals surface area contributed by atoms with Gasteiger partial charge in [-0.05, 0) is 48.9 Å². The molecule has 0 atom stereocenters. The van der Waals surface area contributed by atoms with Gasteiger partial charge in [-0.25, -0.2) is 4.79 Å². The fraction of sp³-hybridized carbons (Fsp3) is 0.211. The van der Waals surface area contributed by atoms with Crippen LogP contribution in [0.1, 0.15) is 16.7 Å². The van der Waals surface area contributed by atoms with Gasteiger partial charge in [0, 0.05) is 29.0 Å². The molecule has 3 rings (SSSR count). The minimum absolute atomic E-state index is 0.296. The molecule has 0 spiro atoms. The highest BCUT2D eigenvalue weighted by molar-refractivity contribution is 9.10. The summed E-state index contributed by atoms with van der Waals surface area (Å²) in [6.45, 7) is 3.51. The molecule has 3 nitrogen and oxygen atoms in total. The number of hydrogen-bond acceptors (Lipinski definition) is 3. The maximum Gasteiger partial charge on any atom is 0.336 e. The Labute approximate surface area is 143 Å². The van der Waals surface area contributed by atoms with Crippen LogP contribution < -0.4 is 5.63 Å². The normalized spacial score (nSPS) is 11.3. The Bertz CT molecular complexity index is 884. The molecule has 0 fully saturated rings. The van der Waals surface area contributed by atoms with Crippen molar-refractivity contribution in [2.24, 2.45) is 0 Å². The third-order valence-electron chi connectivity index (χ3n) is 3.79. The average Bonchev–Trinajstić information content (AvgIpc) is 2.49. The van der Waals surface area contributed by atoms with E-state index in [1.165, 1.54) is 5.56 Å². The molecule has 0 saturated heterocycles. The van der Waals surface area contributed by atoms with Gasteiger partial charge in [-0.1, -0.05) is 40.2 Å². The Hall–Kier alpha value is -1.91. The lowest BCUT2D eigenvalue weighted by molar-refractivity contribution is 0.319. The number of benzene rings is 2. The van der Waals surface area contributed by atoms with E-state index < -0.39 is 0 Å². The van der Waals surface area contributed by atoms with E-state index in [1.807, 2.05) is 37.3 Å². The van der Waals surface area contributed by atoms with E-state index in [0.29, 0.717) is 12.1 Å². The molecule has 0 aliphatic carbocycles. The molecule has 1 heterocycles. The average molecular weight is 372 g/mol. The minimum Gasteiger partial charge on any atom is -0.423 e. The monoisotopic (exact) mass is 371 g/mol. The van der Waals surface area contributed by atoms with Crippen LogP contribution in [0.3, 0.4) is 0 Å². The SMILES string of the molecule is Cc1ccc2c(CN(C)Cc3ccc(Br)cc3)cc(=O)oc2c1. The van der Waals surface area contributed by atoms with Crippen molar-refractivity contribution >= 4 is 26.9 Å². The number of rotatable bonds is 4. The Morgan fingerprint density at radius 3 is 2.52 bits per heavy atom. The van der Waals surface area contributed by atoms with Gasteiger partial charge in [-0.15, -0.1) is 0 Å². The summed E-state index contributed by atoms with van der Waals surface area (Å²) in [5, 5.41) is 0.998. The fourth-order valence-electron chi connectivity index (χ4n) is 2.72. The minimum atomic E-state index is -0.296. The van der Waals surface area contributed by atoms with Crippen molar-refractivity contribution in [3.05, 3.63) is 80.1 Å². The molecular weight excluding hydrogens is 354 g/mol. The van der Waals surface area contributed by atoms with Crippen molar-refractivity contribution in [3.63, 3.8) is 0 Å². The second kappa shape index (κ2) is 6.69. The molecule has 0 N–H and O–H groups in total. The van der Waals surface area contributed by atoms with Crippen molar-refractivity contribution in [3.8, 4) is 0 Å². The van der Waals surface area contributed by atoms with Gasteiger partial charge >= 0.3 is 5.63 Å². The van der Waals surface area contributed by atoms with E-state index in [-0.39, 0.29) is 5.63 Å². The standard InChI is InChI=1S/C19H18BrNO2/c1-13-3-8-17-15(10-19(22)23-18(17)9-13)12-21(2)11-14-4-6-16(20)7-5-14/h3-10H,11-12H2,1-2H3. The zero-order valence-corrected chi connectivity index (χ0v) is 14.8. The first-order chi connectivity index (χ1) is 11.0. The van der Waals surface area contributed by atoms with Crippen LogP contribution in [0.25, 0.3) is 11.0 Å². The molecule has 0 aliphatic heterocycles. The number of nitrogens with zero attached hydrogens (tertiary/aromatic N) is 1. The van der Waals surface area contributed by atoms with Gasteiger partial charge in [0.1, 0.15) is 5.58 Å². The largest absolute Gasteiger partial charge is 0.423 e. The molecule has 4 heteroatoms. The lowest BCUT2D eigenvalue weighted by atomic mass is 10.1. The van der Waals surface area contributed by atoms with Crippen molar-refractivity contribution in [1.82, 2.24) is 4.90 Å². The molecule has 0 amide bonds. The van der Waals surface area contributed by atoms with Crippen molar-refractivity contribution in [2.45, 2.75) is 20.0 Å². The smallest absolute Gasteiger partial charge is 0.336 e. The van der Waals surface area contributed by atoms with Crippen LogP contribution in [-0.4, -0.2) is 11.9 Å². The van der Waals surface area contributed by atoms with E-state index >= 15 is 0 Å². The van der Waals surface area contributed by atoms with E-state index in [1.54, 1.807) is 6.07 Å². The first-order valence-electron chi connectivity index (χ1n) is 7.47. The molecule has 0 aliphatic rings. The van der Waals surface area contributed by atoms with Gasteiger partial charge in [-0.2, -0.15) is 0 Å². The Balaban J connectivity index is 1.85.